The lowest BCUT2D eigenvalue weighted by Crippen LogP contribution is -2.41. The Kier molecular flexibility index (Phi) is 4.03. The van der Waals surface area contributed by atoms with Crippen molar-refractivity contribution < 1.29 is 9.59 Å². The van der Waals surface area contributed by atoms with E-state index in [4.69, 9.17) is 0 Å². The van der Waals surface area contributed by atoms with Gasteiger partial charge in [-0.1, -0.05) is 24.3 Å². The van der Waals surface area contributed by atoms with Gasteiger partial charge in [-0.3, -0.25) is 9.59 Å². The summed E-state index contributed by atoms with van der Waals surface area (Å²) in [6.45, 7) is 4.18. The number of likely N-dealkylation sites (tertiary alicyclic amines) is 1. The average molecular weight is 338 g/mol. The number of benzene rings is 1. The van der Waals surface area contributed by atoms with Crippen LogP contribution in [0.15, 0.2) is 30.5 Å². The van der Waals surface area contributed by atoms with Crippen LogP contribution in [0.3, 0.4) is 0 Å². The van der Waals surface area contributed by atoms with Crippen molar-refractivity contribution in [3.8, 4) is 11.4 Å². The highest BCUT2D eigenvalue weighted by Crippen LogP contribution is 2.30. The molecule has 4 rings (SSSR count). The summed E-state index contributed by atoms with van der Waals surface area (Å²) in [6.07, 6.45) is 4.17. The summed E-state index contributed by atoms with van der Waals surface area (Å²) < 4.78 is 1.95. The second kappa shape index (κ2) is 6.35. The minimum Gasteiger partial charge on any atom is -0.349 e. The van der Waals surface area contributed by atoms with Crippen molar-refractivity contribution in [3.63, 3.8) is 0 Å². The largest absolute Gasteiger partial charge is 0.349 e. The van der Waals surface area contributed by atoms with Gasteiger partial charge in [0.05, 0.1) is 12.2 Å². The molecule has 1 N–H and O–H groups in total. The summed E-state index contributed by atoms with van der Waals surface area (Å²) in [7, 11) is 0. The van der Waals surface area contributed by atoms with Crippen LogP contribution in [0.5, 0.6) is 0 Å². The normalized spacial score (nSPS) is 19.6. The molecular formula is C19H22N4O2. The molecule has 25 heavy (non-hydrogen) atoms. The van der Waals surface area contributed by atoms with Crippen molar-refractivity contribution in [1.82, 2.24) is 19.8 Å². The van der Waals surface area contributed by atoms with E-state index in [0.717, 1.165) is 42.9 Å². The lowest BCUT2D eigenvalue weighted by Gasteiger charge is -2.29. The van der Waals surface area contributed by atoms with E-state index in [9.17, 15) is 9.59 Å². The van der Waals surface area contributed by atoms with Crippen LogP contribution in [0.1, 0.15) is 41.4 Å². The molecule has 1 aromatic heterocycles. The van der Waals surface area contributed by atoms with Crippen LogP contribution >= 0.6 is 0 Å². The van der Waals surface area contributed by atoms with Crippen LogP contribution in [0, 0.1) is 6.92 Å². The first-order valence-electron chi connectivity index (χ1n) is 8.84. The monoisotopic (exact) mass is 338 g/mol. The number of carbonyl (C=O) groups is 2. The van der Waals surface area contributed by atoms with E-state index in [1.54, 1.807) is 6.20 Å². The average Bonchev–Trinajstić information content (AvgIpc) is 3.28. The number of aryl methyl sites for hydroxylation is 1. The minimum atomic E-state index is -0.128. The van der Waals surface area contributed by atoms with Crippen molar-refractivity contribution in [2.75, 3.05) is 19.6 Å². The fraction of sp³-hybridized carbons (Fsp3) is 0.421. The molecule has 130 valence electrons. The van der Waals surface area contributed by atoms with Crippen molar-refractivity contribution in [2.24, 2.45) is 0 Å². The van der Waals surface area contributed by atoms with Crippen LogP contribution in [0.4, 0.5) is 0 Å². The van der Waals surface area contributed by atoms with Crippen molar-refractivity contribution in [3.05, 3.63) is 41.7 Å². The molecule has 6 heteroatoms. The number of carbonyl (C=O) groups excluding carboxylic acids is 2. The number of hydrogen-bond donors (Lipinski definition) is 1. The number of fused-ring (bicyclic) bond motifs is 1. The van der Waals surface area contributed by atoms with Gasteiger partial charge < -0.3 is 14.8 Å². The highest BCUT2D eigenvalue weighted by atomic mass is 16.2. The first-order chi connectivity index (χ1) is 12.1. The lowest BCUT2D eigenvalue weighted by molar-refractivity contribution is -0.131. The fourth-order valence-electron chi connectivity index (χ4n) is 3.77. The number of amides is 2. The molecule has 1 saturated heterocycles. The van der Waals surface area contributed by atoms with E-state index < -0.39 is 0 Å². The molecule has 2 aliphatic heterocycles. The molecule has 0 saturated carbocycles. The summed E-state index contributed by atoms with van der Waals surface area (Å²) in [5.41, 5.74) is 2.64. The Bertz CT molecular complexity index is 821. The quantitative estimate of drug-likeness (QED) is 0.932. The summed E-state index contributed by atoms with van der Waals surface area (Å²) in [6, 6.07) is 7.90. The van der Waals surface area contributed by atoms with Gasteiger partial charge in [-0.05, 0) is 25.3 Å². The van der Waals surface area contributed by atoms with Crippen LogP contribution in [-0.4, -0.2) is 45.9 Å². The smallest absolute Gasteiger partial charge is 0.269 e. The Hall–Kier alpha value is -2.63. The number of aromatic nitrogens is 2. The Morgan fingerprint density at radius 3 is 2.80 bits per heavy atom. The van der Waals surface area contributed by atoms with E-state index in [2.05, 4.69) is 10.3 Å². The predicted octanol–water partition coefficient (Wildman–Crippen LogP) is 2.16. The first kappa shape index (κ1) is 15.9. The highest BCUT2D eigenvalue weighted by Gasteiger charge is 2.32. The number of hydrogen-bond acceptors (Lipinski definition) is 3. The molecule has 1 unspecified atom stereocenters. The molecule has 2 aromatic rings. The number of nitrogens with one attached hydrogen (secondary N) is 1. The van der Waals surface area contributed by atoms with Gasteiger partial charge >= 0.3 is 0 Å². The van der Waals surface area contributed by atoms with Crippen molar-refractivity contribution in [2.45, 2.75) is 32.2 Å². The maximum Gasteiger partial charge on any atom is 0.269 e. The summed E-state index contributed by atoms with van der Waals surface area (Å²) in [5.74, 6) is 0.799. The lowest BCUT2D eigenvalue weighted by atomic mass is 10.1. The Morgan fingerprint density at radius 1 is 1.28 bits per heavy atom. The standard InChI is InChI=1S/C19H22N4O2/c1-13-6-2-3-7-15(13)18-20-12-16-19(25)21-11-14(23(16)18)10-17(24)22-8-4-5-9-22/h2-3,6-7,12,14H,4-5,8-11H2,1H3,(H,21,25). The first-order valence-corrected chi connectivity index (χ1v) is 8.84. The molecule has 1 aromatic carbocycles. The minimum absolute atomic E-state index is 0.0992. The Labute approximate surface area is 146 Å². The zero-order valence-electron chi connectivity index (χ0n) is 14.4. The van der Waals surface area contributed by atoms with E-state index in [-0.39, 0.29) is 17.9 Å². The second-order valence-corrected chi connectivity index (χ2v) is 6.81. The molecule has 3 heterocycles. The molecule has 1 atom stereocenters. The summed E-state index contributed by atoms with van der Waals surface area (Å²) in [4.78, 5) is 31.3. The molecule has 2 amide bonds. The third-order valence-corrected chi connectivity index (χ3v) is 5.15. The van der Waals surface area contributed by atoms with Gasteiger partial charge in [0.1, 0.15) is 11.5 Å². The highest BCUT2D eigenvalue weighted by molar-refractivity contribution is 5.94. The zero-order chi connectivity index (χ0) is 17.4. The Balaban J connectivity index is 1.70. The van der Waals surface area contributed by atoms with Gasteiger partial charge in [-0.15, -0.1) is 0 Å². The van der Waals surface area contributed by atoms with Gasteiger partial charge in [0.2, 0.25) is 5.91 Å². The molecular weight excluding hydrogens is 316 g/mol. The summed E-state index contributed by atoms with van der Waals surface area (Å²) in [5, 5.41) is 2.89. The van der Waals surface area contributed by atoms with Crippen molar-refractivity contribution in [1.29, 1.82) is 0 Å². The molecule has 0 bridgehead atoms. The van der Waals surface area contributed by atoms with Gasteiger partial charge in [0.15, 0.2) is 0 Å². The zero-order valence-corrected chi connectivity index (χ0v) is 14.4. The molecule has 0 aliphatic carbocycles. The predicted molar refractivity (Wildman–Crippen MR) is 94.2 cm³/mol. The SMILES string of the molecule is Cc1ccccc1-c1ncc2n1C(CC(=O)N1CCCC1)CNC2=O. The molecule has 0 radical (unpaired) electrons. The maximum atomic E-state index is 12.6. The molecule has 6 nitrogen and oxygen atoms in total. The maximum absolute atomic E-state index is 12.6. The van der Waals surface area contributed by atoms with Crippen LogP contribution in [0.2, 0.25) is 0 Å². The van der Waals surface area contributed by atoms with Gasteiger partial charge in [0, 0.05) is 31.6 Å². The van der Waals surface area contributed by atoms with E-state index in [0.29, 0.717) is 18.7 Å². The second-order valence-electron chi connectivity index (χ2n) is 6.81. The van der Waals surface area contributed by atoms with Gasteiger partial charge in [0.25, 0.3) is 5.91 Å². The van der Waals surface area contributed by atoms with Crippen LogP contribution in [-0.2, 0) is 4.79 Å². The van der Waals surface area contributed by atoms with Gasteiger partial charge in [-0.2, -0.15) is 0 Å². The third kappa shape index (κ3) is 2.81. The number of imidazole rings is 1. The van der Waals surface area contributed by atoms with Crippen LogP contribution in [0.25, 0.3) is 11.4 Å². The van der Waals surface area contributed by atoms with E-state index in [1.165, 1.54) is 0 Å². The topological polar surface area (TPSA) is 67.2 Å². The summed E-state index contributed by atoms with van der Waals surface area (Å²) >= 11 is 0. The van der Waals surface area contributed by atoms with Crippen molar-refractivity contribution >= 4 is 11.8 Å². The molecule has 1 fully saturated rings. The van der Waals surface area contributed by atoms with E-state index >= 15 is 0 Å². The van der Waals surface area contributed by atoms with Crippen LogP contribution < -0.4 is 5.32 Å². The number of nitrogens with zero attached hydrogens (tertiary/aromatic N) is 3. The van der Waals surface area contributed by atoms with E-state index in [1.807, 2.05) is 40.7 Å². The fourth-order valence-corrected chi connectivity index (χ4v) is 3.77. The van der Waals surface area contributed by atoms with Gasteiger partial charge in [-0.25, -0.2) is 4.98 Å². The third-order valence-electron chi connectivity index (χ3n) is 5.15. The molecule has 2 aliphatic rings. The molecule has 0 spiro atoms. The Morgan fingerprint density at radius 2 is 2.04 bits per heavy atom. The number of rotatable bonds is 3.